The van der Waals surface area contributed by atoms with E-state index in [1.54, 1.807) is 79.9 Å². The van der Waals surface area contributed by atoms with E-state index >= 15 is 9.59 Å². The van der Waals surface area contributed by atoms with Crippen LogP contribution in [-0.2, 0) is 92.4 Å². The zero-order valence-corrected chi connectivity index (χ0v) is 78.3. The van der Waals surface area contributed by atoms with Gasteiger partial charge in [-0.05, 0) is 85.9 Å². The maximum atomic E-state index is 15.2. The highest BCUT2D eigenvalue weighted by Crippen LogP contribution is 2.37. The van der Waals surface area contributed by atoms with Crippen molar-refractivity contribution in [2.45, 2.75) is 235 Å². The van der Waals surface area contributed by atoms with Crippen molar-refractivity contribution in [3.8, 4) is 0 Å². The Labute approximate surface area is 745 Å². The van der Waals surface area contributed by atoms with Crippen LogP contribution in [0.4, 0.5) is 10.5 Å². The highest BCUT2D eigenvalue weighted by atomic mass is 32.1. The van der Waals surface area contributed by atoms with Crippen molar-refractivity contribution >= 4 is 93.6 Å². The summed E-state index contributed by atoms with van der Waals surface area (Å²) in [5, 5.41) is 22.2. The molecule has 3 aliphatic rings. The summed E-state index contributed by atoms with van der Waals surface area (Å²) in [5.41, 5.74) is 7.58. The topological polar surface area (TPSA) is 392 Å². The maximum Gasteiger partial charge on any atom is 0.411 e. The fourth-order valence-electron chi connectivity index (χ4n) is 16.0. The van der Waals surface area contributed by atoms with Crippen LogP contribution < -0.4 is 21.7 Å². The number of likely N-dealkylation sites (tertiary alicyclic amines) is 2. The van der Waals surface area contributed by atoms with Crippen LogP contribution in [0.5, 0.6) is 0 Å². The molecule has 3 aliphatic heterocycles. The number of hydrogen-bond donors (Lipinski definition) is 5. The average Bonchev–Trinajstić information content (AvgIpc) is 1.79. The number of nitrogens with two attached hydrogens (primary N) is 1. The molecule has 6 N–H and O–H groups in total. The number of aromatic nitrogens is 1. The molecule has 0 bridgehead atoms. The van der Waals surface area contributed by atoms with E-state index in [-0.39, 0.29) is 206 Å². The molecule has 3 fully saturated rings. The second kappa shape index (κ2) is 55.3. The van der Waals surface area contributed by atoms with Crippen LogP contribution in [0.3, 0.4) is 0 Å². The van der Waals surface area contributed by atoms with Crippen molar-refractivity contribution in [2.75, 3.05) is 139 Å². The summed E-state index contributed by atoms with van der Waals surface area (Å²) in [6.45, 7) is 29.4. The quantitative estimate of drug-likeness (QED) is 0.0259. The Hall–Kier alpha value is -8.50. The number of aliphatic hydroxyl groups is 1. The predicted octanol–water partition coefficient (Wildman–Crippen LogP) is 9.65. The van der Waals surface area contributed by atoms with Crippen LogP contribution in [0, 0.1) is 52.8 Å². The van der Waals surface area contributed by atoms with Crippen LogP contribution in [0.2, 0.25) is 0 Å². The molecule has 0 aliphatic carbocycles. The van der Waals surface area contributed by atoms with Gasteiger partial charge in [0.05, 0.1) is 88.5 Å². The van der Waals surface area contributed by atoms with E-state index in [9.17, 15) is 57.8 Å². The number of benzene rings is 2. The highest BCUT2D eigenvalue weighted by molar-refractivity contribution is 7.09. The number of ketones is 3. The number of nitrogens with one attached hydrogen (secondary N) is 3. The third kappa shape index (κ3) is 36.6. The van der Waals surface area contributed by atoms with E-state index in [4.69, 9.17) is 34.2 Å². The van der Waals surface area contributed by atoms with E-state index in [1.165, 1.54) is 30.4 Å². The first-order chi connectivity index (χ1) is 59.3. The molecule has 4 heterocycles. The largest absolute Gasteiger partial charge is 0.431 e. The number of primary amides is 1. The van der Waals surface area contributed by atoms with Crippen molar-refractivity contribution in [1.29, 1.82) is 0 Å². The molecule has 10 amide bonds. The minimum Gasteiger partial charge on any atom is -0.431 e. The molecule has 0 radical (unpaired) electrons. The van der Waals surface area contributed by atoms with Gasteiger partial charge in [0.2, 0.25) is 53.4 Å². The van der Waals surface area contributed by atoms with Crippen molar-refractivity contribution in [1.82, 2.24) is 45.0 Å². The lowest BCUT2D eigenvalue weighted by molar-refractivity contribution is -0.148. The van der Waals surface area contributed by atoms with Gasteiger partial charge in [-0.15, -0.1) is 11.3 Å². The SMILES string of the molecule is CC(C)(C)C.CC[C@H](C)[C@@H]([C@@H](CC(=O)N1CCC[C@H]1[C@H](CO)[C@@H](C)C(=O)C[C@@H](Cc1ccccc1)c1nccs1)OC)N(C)C(=O)[C@@H](CC(=O)[C@H](C(C)C)N(C)C(=O)OC(C(=O)N1CCN(C)CC1)c1ccc(NC(=O)[C@H](CCCCC(N)=O)CC(=O)[C@@H](NC(=O)CCOCCOCCOCCOCCNC(=O)CCN2C(=O)CCC2=O)C(C)C)cc1)C(C)C. The molecule has 0 spiro atoms. The van der Waals surface area contributed by atoms with Crippen LogP contribution in [0.25, 0.3) is 0 Å². The summed E-state index contributed by atoms with van der Waals surface area (Å²) in [4.78, 5) is 192. The molecule has 6 rings (SSSR count). The van der Waals surface area contributed by atoms with Crippen molar-refractivity contribution in [3.63, 3.8) is 0 Å². The fourth-order valence-corrected chi connectivity index (χ4v) is 16.8. The number of anilines is 1. The van der Waals surface area contributed by atoms with E-state index < -0.39 is 101 Å². The highest BCUT2D eigenvalue weighted by Gasteiger charge is 2.45. The summed E-state index contributed by atoms with van der Waals surface area (Å²) < 4.78 is 34.6. The van der Waals surface area contributed by atoms with Crippen LogP contribution in [0.1, 0.15) is 214 Å². The lowest BCUT2D eigenvalue weighted by Crippen LogP contribution is -2.54. The van der Waals surface area contributed by atoms with E-state index in [1.807, 2.05) is 77.4 Å². The number of piperazine rings is 1. The Morgan fingerprint density at radius 2 is 1.30 bits per heavy atom. The molecule has 31 nitrogen and oxygen atoms in total. The second-order valence-corrected chi connectivity index (χ2v) is 37.0. The molecule has 700 valence electrons. The van der Waals surface area contributed by atoms with Gasteiger partial charge in [-0.2, -0.15) is 0 Å². The number of aliphatic hydroxyl groups excluding tert-OH is 1. The Kier molecular flexibility index (Phi) is 47.3. The van der Waals surface area contributed by atoms with Gasteiger partial charge in [-0.1, -0.05) is 145 Å². The first kappa shape index (κ1) is 107. The second-order valence-electron chi connectivity index (χ2n) is 36.1. The number of unbranched alkanes of at least 4 members (excludes halogenated alkanes) is 1. The van der Waals surface area contributed by atoms with Gasteiger partial charge in [-0.25, -0.2) is 9.78 Å². The molecule has 3 saturated heterocycles. The fraction of sp³-hybridized carbons (Fsp3) is 0.699. The zero-order chi connectivity index (χ0) is 92.6. The van der Waals surface area contributed by atoms with Crippen molar-refractivity contribution < 1.29 is 95.9 Å². The molecule has 0 saturated carbocycles. The van der Waals surface area contributed by atoms with Gasteiger partial charge in [0, 0.05) is 183 Å². The number of carbonyl (C=O) groups excluding carboxylic acids is 13. The first-order valence-corrected chi connectivity index (χ1v) is 45.7. The third-order valence-electron chi connectivity index (χ3n) is 23.3. The number of amides is 10. The summed E-state index contributed by atoms with van der Waals surface area (Å²) in [5.74, 6) is -8.69. The van der Waals surface area contributed by atoms with Crippen molar-refractivity contribution in [3.05, 3.63) is 82.3 Å². The lowest BCUT2D eigenvalue weighted by Gasteiger charge is -2.41. The van der Waals surface area contributed by atoms with Crippen molar-refractivity contribution in [2.24, 2.45) is 58.5 Å². The Morgan fingerprint density at radius 3 is 1.85 bits per heavy atom. The van der Waals surface area contributed by atoms with Crippen LogP contribution >= 0.6 is 11.3 Å². The van der Waals surface area contributed by atoms with Crippen LogP contribution in [-0.4, -0.2) is 280 Å². The molecular formula is C93H147N11O20S. The number of carbonyl (C=O) groups is 13. The average molecular weight is 1770 g/mol. The van der Waals surface area contributed by atoms with Gasteiger partial charge < -0.3 is 79.7 Å². The minimum atomic E-state index is -1.52. The van der Waals surface area contributed by atoms with E-state index in [0.717, 1.165) is 15.5 Å². The molecule has 3 aromatic rings. The number of nitrogens with zero attached hydrogens (tertiary/aromatic N) is 7. The number of methoxy groups -OCH3 is 1. The molecule has 125 heavy (non-hydrogen) atoms. The number of rotatable bonds is 56. The van der Waals surface area contributed by atoms with Gasteiger partial charge in [-0.3, -0.25) is 62.4 Å². The number of ether oxygens (including phenoxy) is 6. The summed E-state index contributed by atoms with van der Waals surface area (Å²) in [6, 6.07) is 13.0. The van der Waals surface area contributed by atoms with E-state index in [0.29, 0.717) is 83.3 Å². The number of likely N-dealkylation sites (N-methyl/N-ethyl adjacent to an activating group) is 3. The molecular weight excluding hydrogens is 1620 g/mol. The monoisotopic (exact) mass is 1770 g/mol. The van der Waals surface area contributed by atoms with Gasteiger partial charge in [0.15, 0.2) is 11.6 Å². The molecule has 12 atom stereocenters. The predicted molar refractivity (Wildman–Crippen MR) is 477 cm³/mol. The summed E-state index contributed by atoms with van der Waals surface area (Å²) in [7, 11) is 6.54. The molecule has 1 aromatic heterocycles. The van der Waals surface area contributed by atoms with E-state index in [2.05, 4.69) is 53.5 Å². The number of hydrogen-bond acceptors (Lipinski definition) is 23. The van der Waals surface area contributed by atoms with Gasteiger partial charge in [0.25, 0.3) is 5.91 Å². The molecule has 32 heteroatoms. The lowest BCUT2D eigenvalue weighted by atomic mass is 9.80. The summed E-state index contributed by atoms with van der Waals surface area (Å²) >= 11 is 1.51. The Bertz CT molecular complexity index is 3830. The molecule has 1 unspecified atom stereocenters. The standard InChI is InChI=1S/C88H135N11O20S.C5H12/c1-14-60(8)82(73(114-13)55-79(109)98-36-20-24-69(98)68(56-100)61(9)70(101)53-65(85-91-35-50-120-85)51-62-21-16-15-17-22-62)95(11)86(111)67(57(2)3)54-72(103)81(59(6)7)96(12)88(113)119-83(87(112)97-40-38-94(10)39-41-97)63-26-28-66(29-27-63)92-84(110)64(23-18-19-25-74(89)104)52-71(102)80(58(4)5)93-76(106)33-42-115-44-46-117-48-49-118-47-45-116-43-34-90-75(105)32-37-99-77(107)30-31-78(99)108;1-5(2,3)4/h15-17,21-22,26-29,35,50,57-61,64-65,67-69,73,80-83,100H,14,18-20,23-25,30-34,36-49,51-56H2,1-13H3,(H2,89,104)(H,90,105)(H,92,110)(H,93,106);1-4H3/t60-,61+,64+,65+,67-,68+,69-,73+,80-,81-,82-,83?;/m0./s1. The number of Topliss-reactive ketones (excluding diaryl/α,β-unsaturated/α-hetero) is 3. The molecule has 2 aromatic carbocycles. The third-order valence-corrected chi connectivity index (χ3v) is 24.3. The Morgan fingerprint density at radius 1 is 0.688 bits per heavy atom. The normalized spacial score (nSPS) is 17.1. The van der Waals surface area contributed by atoms with Gasteiger partial charge >= 0.3 is 6.09 Å². The van der Waals surface area contributed by atoms with Gasteiger partial charge in [0.1, 0.15) is 5.78 Å². The van der Waals surface area contributed by atoms with Crippen LogP contribution in [0.15, 0.2) is 66.2 Å². The minimum absolute atomic E-state index is 0.0138. The summed E-state index contributed by atoms with van der Waals surface area (Å²) in [6.07, 6.45) is 1.88. The zero-order valence-electron chi connectivity index (χ0n) is 77.5. The number of thiazole rings is 1. The first-order valence-electron chi connectivity index (χ1n) is 44.8. The maximum absolute atomic E-state index is 15.2. The number of imide groups is 1. The smallest absolute Gasteiger partial charge is 0.411 e. The Balaban J connectivity index is 0.00000538.